The molecule has 0 atom stereocenters. The van der Waals surface area contributed by atoms with E-state index in [1.165, 1.54) is 0 Å². The van der Waals surface area contributed by atoms with Crippen LogP contribution in [0.4, 0.5) is 5.95 Å². The van der Waals surface area contributed by atoms with Crippen molar-refractivity contribution < 1.29 is 0 Å². The van der Waals surface area contributed by atoms with Gasteiger partial charge < -0.3 is 5.32 Å². The molecular weight excluding hydrogens is 314 g/mol. The Labute approximate surface area is 129 Å². The van der Waals surface area contributed by atoms with Crippen LogP contribution in [0.2, 0.25) is 0 Å². The molecule has 1 heterocycles. The van der Waals surface area contributed by atoms with Crippen LogP contribution < -0.4 is 5.32 Å². The standard InChI is InChI=1S/C16H21BrN3/c1-15(2,3)10-16(4,5)20-14-18-9-11-7-6-8-12(17)13(11)19-14/h6-10H,1-5H3,(H,18,19,20). The SMILES string of the molecule is CC(C)(C)[CH]C(C)(C)Nc1ncc2cccc(Br)c2n1. The fourth-order valence-electron chi connectivity index (χ4n) is 2.49. The number of para-hydroxylation sites is 1. The maximum atomic E-state index is 4.60. The number of hydrogen-bond acceptors (Lipinski definition) is 3. The van der Waals surface area contributed by atoms with Gasteiger partial charge in [-0.1, -0.05) is 32.9 Å². The molecule has 1 radical (unpaired) electrons. The van der Waals surface area contributed by atoms with E-state index in [1.807, 2.05) is 24.4 Å². The summed E-state index contributed by atoms with van der Waals surface area (Å²) in [5, 5.41) is 4.43. The van der Waals surface area contributed by atoms with E-state index in [0.717, 1.165) is 15.4 Å². The Kier molecular flexibility index (Phi) is 4.05. The van der Waals surface area contributed by atoms with E-state index < -0.39 is 0 Å². The fraction of sp³-hybridized carbons (Fsp3) is 0.438. The normalized spacial score (nSPS) is 12.7. The Bertz CT molecular complexity index is 615. The zero-order chi connectivity index (χ0) is 15.0. The molecule has 0 amide bonds. The zero-order valence-electron chi connectivity index (χ0n) is 12.7. The van der Waals surface area contributed by atoms with Gasteiger partial charge in [-0.05, 0) is 47.7 Å². The molecule has 0 spiro atoms. The van der Waals surface area contributed by atoms with Crippen molar-refractivity contribution in [1.82, 2.24) is 9.97 Å². The number of nitrogens with one attached hydrogen (secondary N) is 1. The number of aromatic nitrogens is 2. The van der Waals surface area contributed by atoms with Crippen LogP contribution in [0.25, 0.3) is 10.9 Å². The van der Waals surface area contributed by atoms with E-state index >= 15 is 0 Å². The van der Waals surface area contributed by atoms with Gasteiger partial charge in [-0.3, -0.25) is 0 Å². The van der Waals surface area contributed by atoms with Gasteiger partial charge in [-0.15, -0.1) is 0 Å². The van der Waals surface area contributed by atoms with Crippen LogP contribution in [0.5, 0.6) is 0 Å². The molecule has 20 heavy (non-hydrogen) atoms. The number of benzene rings is 1. The van der Waals surface area contributed by atoms with Gasteiger partial charge in [0, 0.05) is 21.6 Å². The van der Waals surface area contributed by atoms with Gasteiger partial charge in [0.15, 0.2) is 0 Å². The molecule has 0 bridgehead atoms. The van der Waals surface area contributed by atoms with Crippen LogP contribution in [0.3, 0.4) is 0 Å². The lowest BCUT2D eigenvalue weighted by Gasteiger charge is -2.32. The minimum atomic E-state index is -0.173. The highest BCUT2D eigenvalue weighted by atomic mass is 79.9. The number of hydrogen-bond donors (Lipinski definition) is 1. The molecule has 0 aliphatic rings. The number of nitrogens with zero attached hydrogens (tertiary/aromatic N) is 2. The van der Waals surface area contributed by atoms with Gasteiger partial charge in [0.1, 0.15) is 0 Å². The molecular formula is C16H21BrN3. The second-order valence-corrected chi connectivity index (χ2v) is 7.58. The zero-order valence-corrected chi connectivity index (χ0v) is 14.2. The molecule has 3 nitrogen and oxygen atoms in total. The molecule has 0 unspecified atom stereocenters. The third kappa shape index (κ3) is 3.92. The monoisotopic (exact) mass is 334 g/mol. The average Bonchev–Trinajstić information content (AvgIpc) is 2.26. The number of fused-ring (bicyclic) bond motifs is 1. The molecule has 4 heteroatoms. The Morgan fingerprint density at radius 2 is 1.85 bits per heavy atom. The molecule has 0 aliphatic carbocycles. The predicted octanol–water partition coefficient (Wildman–Crippen LogP) is 4.83. The van der Waals surface area contributed by atoms with E-state index in [4.69, 9.17) is 0 Å². The van der Waals surface area contributed by atoms with E-state index in [0.29, 0.717) is 5.95 Å². The van der Waals surface area contributed by atoms with Gasteiger partial charge in [-0.2, -0.15) is 0 Å². The number of halogens is 1. The highest BCUT2D eigenvalue weighted by Gasteiger charge is 2.26. The maximum absolute atomic E-state index is 4.60. The summed E-state index contributed by atoms with van der Waals surface area (Å²) in [7, 11) is 0. The largest absolute Gasteiger partial charge is 0.349 e. The van der Waals surface area contributed by atoms with Crippen molar-refractivity contribution in [2.24, 2.45) is 5.41 Å². The molecule has 1 aromatic heterocycles. The van der Waals surface area contributed by atoms with Crippen molar-refractivity contribution in [3.63, 3.8) is 0 Å². The molecule has 107 valence electrons. The first-order chi connectivity index (χ1) is 9.16. The third-order valence-electron chi connectivity index (χ3n) is 2.79. The molecule has 0 aliphatic heterocycles. The van der Waals surface area contributed by atoms with E-state index in [2.05, 4.69) is 72.3 Å². The van der Waals surface area contributed by atoms with Crippen LogP contribution >= 0.6 is 15.9 Å². The smallest absolute Gasteiger partial charge is 0.223 e. The summed E-state index contributed by atoms with van der Waals surface area (Å²) in [6.45, 7) is 10.8. The second kappa shape index (κ2) is 5.32. The summed E-state index contributed by atoms with van der Waals surface area (Å²) in [5.74, 6) is 0.648. The first-order valence-corrected chi connectivity index (χ1v) is 7.52. The van der Waals surface area contributed by atoms with Crippen molar-refractivity contribution in [3.05, 3.63) is 35.3 Å². The van der Waals surface area contributed by atoms with Gasteiger partial charge in [0.25, 0.3) is 0 Å². The molecule has 0 saturated carbocycles. The van der Waals surface area contributed by atoms with Crippen molar-refractivity contribution >= 4 is 32.8 Å². The molecule has 1 aromatic carbocycles. The van der Waals surface area contributed by atoms with Crippen LogP contribution in [-0.4, -0.2) is 15.5 Å². The Morgan fingerprint density at radius 3 is 2.50 bits per heavy atom. The summed E-state index contributed by atoms with van der Waals surface area (Å²) in [6.07, 6.45) is 4.12. The molecule has 0 fully saturated rings. The molecule has 2 rings (SSSR count). The van der Waals surface area contributed by atoms with Crippen molar-refractivity contribution in [3.8, 4) is 0 Å². The lowest BCUT2D eigenvalue weighted by molar-refractivity contribution is 0.418. The summed E-state index contributed by atoms with van der Waals surface area (Å²) in [4.78, 5) is 9.00. The fourth-order valence-corrected chi connectivity index (χ4v) is 2.96. The first kappa shape index (κ1) is 15.2. The van der Waals surface area contributed by atoms with Gasteiger partial charge >= 0.3 is 0 Å². The van der Waals surface area contributed by atoms with Crippen LogP contribution in [0.1, 0.15) is 34.6 Å². The summed E-state index contributed by atoms with van der Waals surface area (Å²) in [5.41, 5.74) is 0.887. The highest BCUT2D eigenvalue weighted by Crippen LogP contribution is 2.28. The van der Waals surface area contributed by atoms with Crippen molar-refractivity contribution in [2.45, 2.75) is 40.2 Å². The lowest BCUT2D eigenvalue weighted by atomic mass is 9.82. The predicted molar refractivity (Wildman–Crippen MR) is 88.7 cm³/mol. The Morgan fingerprint density at radius 1 is 1.15 bits per heavy atom. The van der Waals surface area contributed by atoms with Gasteiger partial charge in [0.2, 0.25) is 5.95 Å². The Hall–Kier alpha value is -1.16. The quantitative estimate of drug-likeness (QED) is 0.873. The lowest BCUT2D eigenvalue weighted by Crippen LogP contribution is -2.36. The van der Waals surface area contributed by atoms with Crippen LogP contribution in [0, 0.1) is 11.8 Å². The van der Waals surface area contributed by atoms with E-state index in [9.17, 15) is 0 Å². The average molecular weight is 335 g/mol. The summed E-state index contributed by atoms with van der Waals surface area (Å²) in [6, 6.07) is 5.99. The maximum Gasteiger partial charge on any atom is 0.223 e. The minimum Gasteiger partial charge on any atom is -0.349 e. The number of anilines is 1. The third-order valence-corrected chi connectivity index (χ3v) is 3.43. The van der Waals surface area contributed by atoms with Crippen molar-refractivity contribution in [2.75, 3.05) is 5.32 Å². The Balaban J connectivity index is 2.28. The topological polar surface area (TPSA) is 37.8 Å². The van der Waals surface area contributed by atoms with Crippen molar-refractivity contribution in [1.29, 1.82) is 0 Å². The molecule has 0 saturated heterocycles. The van der Waals surface area contributed by atoms with E-state index in [-0.39, 0.29) is 11.0 Å². The molecule has 2 aromatic rings. The van der Waals surface area contributed by atoms with Gasteiger partial charge in [-0.25, -0.2) is 9.97 Å². The summed E-state index contributed by atoms with van der Waals surface area (Å²) >= 11 is 3.53. The van der Waals surface area contributed by atoms with Crippen LogP contribution in [0.15, 0.2) is 28.9 Å². The summed E-state index contributed by atoms with van der Waals surface area (Å²) < 4.78 is 0.984. The molecule has 1 N–H and O–H groups in total. The van der Waals surface area contributed by atoms with Gasteiger partial charge in [0.05, 0.1) is 5.52 Å². The first-order valence-electron chi connectivity index (χ1n) is 6.73. The van der Waals surface area contributed by atoms with Crippen LogP contribution in [-0.2, 0) is 0 Å². The highest BCUT2D eigenvalue weighted by molar-refractivity contribution is 9.10. The minimum absolute atomic E-state index is 0.133. The second-order valence-electron chi connectivity index (χ2n) is 6.73. The number of rotatable bonds is 3. The van der Waals surface area contributed by atoms with E-state index in [1.54, 1.807) is 0 Å².